The first-order chi connectivity index (χ1) is 16.1. The minimum Gasteiger partial charge on any atom is -0.467 e. The molecule has 1 saturated heterocycles. The van der Waals surface area contributed by atoms with Gasteiger partial charge < -0.3 is 14.4 Å². The summed E-state index contributed by atoms with van der Waals surface area (Å²) >= 11 is 0. The minimum absolute atomic E-state index is 0.118. The lowest BCUT2D eigenvalue weighted by molar-refractivity contribution is -0.151. The third kappa shape index (κ3) is 4.95. The normalized spacial score (nSPS) is 17.6. The van der Waals surface area contributed by atoms with Crippen LogP contribution in [0.25, 0.3) is 0 Å². The third-order valence-corrected chi connectivity index (χ3v) is 5.82. The van der Waals surface area contributed by atoms with Crippen molar-refractivity contribution in [2.45, 2.75) is 24.5 Å². The summed E-state index contributed by atoms with van der Waals surface area (Å²) in [7, 11) is 1.29. The topological polar surface area (TPSA) is 72.9 Å². The van der Waals surface area contributed by atoms with Gasteiger partial charge in [0, 0.05) is 6.42 Å². The van der Waals surface area contributed by atoms with Gasteiger partial charge in [0.2, 0.25) is 5.91 Å². The van der Waals surface area contributed by atoms with Crippen LogP contribution in [0.4, 0.5) is 0 Å². The maximum absolute atomic E-state index is 13.9. The maximum atomic E-state index is 13.9. The highest BCUT2D eigenvalue weighted by Gasteiger charge is 2.44. The van der Waals surface area contributed by atoms with E-state index in [1.807, 2.05) is 66.7 Å². The van der Waals surface area contributed by atoms with Crippen LogP contribution < -0.4 is 0 Å². The fourth-order valence-electron chi connectivity index (χ4n) is 4.21. The van der Waals surface area contributed by atoms with Crippen molar-refractivity contribution in [3.63, 3.8) is 0 Å². The molecule has 168 valence electrons. The smallest absolute Gasteiger partial charge is 0.338 e. The summed E-state index contributed by atoms with van der Waals surface area (Å²) in [4.78, 5) is 40.5. The number of hydrogen-bond donors (Lipinski definition) is 0. The number of amides is 1. The summed E-state index contributed by atoms with van der Waals surface area (Å²) < 4.78 is 10.6. The Morgan fingerprint density at radius 1 is 0.818 bits per heavy atom. The first kappa shape index (κ1) is 22.3. The number of hydrogen-bond acceptors (Lipinski definition) is 5. The Morgan fingerprint density at radius 2 is 1.33 bits per heavy atom. The predicted molar refractivity (Wildman–Crippen MR) is 123 cm³/mol. The lowest BCUT2D eigenvalue weighted by Crippen LogP contribution is -2.43. The molecule has 6 heteroatoms. The summed E-state index contributed by atoms with van der Waals surface area (Å²) in [5.41, 5.74) is 2.06. The number of rotatable bonds is 6. The standard InChI is InChI=1S/C27H25NO5/c1-32-27(31)23-17-22(33-26(30)21-15-9-4-10-16-21)18-28(23)25(29)24(19-11-5-2-6-12-19)20-13-7-3-8-14-20/h2-16,22-24H,17-18H2,1H3/t22-,23-/m0/s1. The fourth-order valence-corrected chi connectivity index (χ4v) is 4.21. The van der Waals surface area contributed by atoms with Crippen molar-refractivity contribution in [2.75, 3.05) is 13.7 Å². The SMILES string of the molecule is COC(=O)[C@@H]1C[C@H](OC(=O)c2ccccc2)CN1C(=O)C(c1ccccc1)c1ccccc1. The van der Waals surface area contributed by atoms with E-state index in [0.29, 0.717) is 5.56 Å². The minimum atomic E-state index is -0.828. The van der Waals surface area contributed by atoms with Crippen molar-refractivity contribution in [1.29, 1.82) is 0 Å². The third-order valence-electron chi connectivity index (χ3n) is 5.82. The van der Waals surface area contributed by atoms with Gasteiger partial charge in [0.25, 0.3) is 0 Å². The molecule has 0 N–H and O–H groups in total. The number of nitrogens with zero attached hydrogens (tertiary/aromatic N) is 1. The van der Waals surface area contributed by atoms with Gasteiger partial charge in [-0.15, -0.1) is 0 Å². The molecule has 3 aromatic carbocycles. The van der Waals surface area contributed by atoms with Crippen molar-refractivity contribution in [3.8, 4) is 0 Å². The lowest BCUT2D eigenvalue weighted by Gasteiger charge is -2.28. The number of carbonyl (C=O) groups is 3. The number of likely N-dealkylation sites (tertiary alicyclic amines) is 1. The van der Waals surface area contributed by atoms with Crippen LogP contribution in [0.2, 0.25) is 0 Å². The molecule has 6 nitrogen and oxygen atoms in total. The Bertz CT molecular complexity index is 1060. The van der Waals surface area contributed by atoms with Crippen molar-refractivity contribution in [2.24, 2.45) is 0 Å². The Labute approximate surface area is 192 Å². The molecule has 0 saturated carbocycles. The molecule has 0 radical (unpaired) electrons. The summed E-state index contributed by atoms with van der Waals surface area (Å²) in [5, 5.41) is 0. The Balaban J connectivity index is 1.61. The molecule has 1 fully saturated rings. The van der Waals surface area contributed by atoms with Crippen LogP contribution in [-0.4, -0.2) is 48.5 Å². The van der Waals surface area contributed by atoms with Gasteiger partial charge >= 0.3 is 11.9 Å². The Morgan fingerprint density at radius 3 is 1.85 bits per heavy atom. The monoisotopic (exact) mass is 443 g/mol. The number of methoxy groups -OCH3 is 1. The summed E-state index contributed by atoms with van der Waals surface area (Å²) in [5.74, 6) is -1.84. The molecule has 0 aliphatic carbocycles. The molecule has 0 unspecified atom stereocenters. The Kier molecular flexibility index (Phi) is 6.83. The van der Waals surface area contributed by atoms with Crippen molar-refractivity contribution in [3.05, 3.63) is 108 Å². The number of carbonyl (C=O) groups excluding carboxylic acids is 3. The van der Waals surface area contributed by atoms with E-state index in [4.69, 9.17) is 9.47 Å². The van der Waals surface area contributed by atoms with Crippen LogP contribution in [-0.2, 0) is 19.1 Å². The number of ether oxygens (including phenoxy) is 2. The second-order valence-electron chi connectivity index (χ2n) is 7.91. The summed E-state index contributed by atoms with van der Waals surface area (Å²) in [6, 6.07) is 26.7. The molecule has 1 amide bonds. The predicted octanol–water partition coefficient (Wildman–Crippen LogP) is 3.82. The molecule has 3 aromatic rings. The van der Waals surface area contributed by atoms with Crippen LogP contribution >= 0.6 is 0 Å². The molecule has 1 heterocycles. The zero-order valence-corrected chi connectivity index (χ0v) is 18.3. The average molecular weight is 443 g/mol. The quantitative estimate of drug-likeness (QED) is 0.542. The highest BCUT2D eigenvalue weighted by Crippen LogP contribution is 2.31. The van der Waals surface area contributed by atoms with Crippen LogP contribution in [0, 0.1) is 0 Å². The van der Waals surface area contributed by atoms with Gasteiger partial charge in [-0.05, 0) is 23.3 Å². The number of esters is 2. The number of benzene rings is 3. The van der Waals surface area contributed by atoms with E-state index in [-0.39, 0.29) is 18.9 Å². The fraction of sp³-hybridized carbons (Fsp3) is 0.222. The van der Waals surface area contributed by atoms with E-state index in [1.165, 1.54) is 12.0 Å². The van der Waals surface area contributed by atoms with Gasteiger partial charge in [-0.3, -0.25) is 4.79 Å². The van der Waals surface area contributed by atoms with Gasteiger partial charge in [0.05, 0.1) is 25.1 Å². The van der Waals surface area contributed by atoms with E-state index < -0.39 is 30.0 Å². The largest absolute Gasteiger partial charge is 0.467 e. The van der Waals surface area contributed by atoms with Crippen molar-refractivity contribution >= 4 is 17.8 Å². The van der Waals surface area contributed by atoms with E-state index in [0.717, 1.165) is 11.1 Å². The van der Waals surface area contributed by atoms with Crippen LogP contribution in [0.3, 0.4) is 0 Å². The highest BCUT2D eigenvalue weighted by molar-refractivity contribution is 5.92. The molecule has 0 aromatic heterocycles. The molecule has 4 rings (SSSR count). The van der Waals surface area contributed by atoms with Gasteiger partial charge in [0.15, 0.2) is 0 Å². The Hall–Kier alpha value is -3.93. The van der Waals surface area contributed by atoms with Crippen LogP contribution in [0.1, 0.15) is 33.8 Å². The maximum Gasteiger partial charge on any atom is 0.338 e. The van der Waals surface area contributed by atoms with Gasteiger partial charge in [-0.2, -0.15) is 0 Å². The van der Waals surface area contributed by atoms with Crippen molar-refractivity contribution < 1.29 is 23.9 Å². The molecule has 0 spiro atoms. The molecular formula is C27H25NO5. The van der Waals surface area contributed by atoms with E-state index in [2.05, 4.69) is 0 Å². The van der Waals surface area contributed by atoms with Gasteiger partial charge in [-0.1, -0.05) is 78.9 Å². The van der Waals surface area contributed by atoms with E-state index in [9.17, 15) is 14.4 Å². The van der Waals surface area contributed by atoms with Gasteiger partial charge in [-0.25, -0.2) is 9.59 Å². The average Bonchev–Trinajstić information content (AvgIpc) is 3.29. The molecule has 0 bridgehead atoms. The second kappa shape index (κ2) is 10.1. The zero-order chi connectivity index (χ0) is 23.2. The summed E-state index contributed by atoms with van der Waals surface area (Å²) in [6.45, 7) is 0.118. The lowest BCUT2D eigenvalue weighted by atomic mass is 9.90. The van der Waals surface area contributed by atoms with E-state index in [1.54, 1.807) is 24.3 Å². The first-order valence-electron chi connectivity index (χ1n) is 10.8. The molecule has 2 atom stereocenters. The van der Waals surface area contributed by atoms with Crippen molar-refractivity contribution in [1.82, 2.24) is 4.90 Å². The van der Waals surface area contributed by atoms with Crippen LogP contribution in [0.15, 0.2) is 91.0 Å². The van der Waals surface area contributed by atoms with Gasteiger partial charge in [0.1, 0.15) is 12.1 Å². The second-order valence-corrected chi connectivity index (χ2v) is 7.91. The van der Waals surface area contributed by atoms with Crippen LogP contribution in [0.5, 0.6) is 0 Å². The highest BCUT2D eigenvalue weighted by atomic mass is 16.5. The van der Waals surface area contributed by atoms with E-state index >= 15 is 0 Å². The summed E-state index contributed by atoms with van der Waals surface area (Å²) in [6.07, 6.45) is -0.425. The molecule has 1 aliphatic rings. The molecular weight excluding hydrogens is 418 g/mol. The molecule has 1 aliphatic heterocycles. The first-order valence-corrected chi connectivity index (χ1v) is 10.8. The molecule has 33 heavy (non-hydrogen) atoms. The zero-order valence-electron chi connectivity index (χ0n) is 18.3.